The number of hydrogen-bond donors (Lipinski definition) is 1. The van der Waals surface area contributed by atoms with Crippen molar-refractivity contribution < 1.29 is 9.90 Å². The molecule has 4 heteroatoms. The van der Waals surface area contributed by atoms with Crippen LogP contribution in [0.3, 0.4) is 0 Å². The summed E-state index contributed by atoms with van der Waals surface area (Å²) >= 11 is 0. The Kier molecular flexibility index (Phi) is 2.49. The molecule has 1 heterocycles. The number of hydrogen-bond acceptors (Lipinski definition) is 3. The van der Waals surface area contributed by atoms with Crippen molar-refractivity contribution in [1.29, 1.82) is 0 Å². The van der Waals surface area contributed by atoms with E-state index in [0.717, 1.165) is 6.08 Å². The molecule has 4 nitrogen and oxygen atoms in total. The fourth-order valence-corrected chi connectivity index (χ4v) is 1.32. The van der Waals surface area contributed by atoms with Gasteiger partial charge >= 0.3 is 0 Å². The van der Waals surface area contributed by atoms with E-state index in [1.165, 1.54) is 0 Å². The third-order valence-electron chi connectivity index (χ3n) is 1.94. The van der Waals surface area contributed by atoms with Crippen LogP contribution in [-0.2, 0) is 10.3 Å². The molecule has 0 aliphatic carbocycles. The van der Waals surface area contributed by atoms with Gasteiger partial charge in [0.05, 0.1) is 17.3 Å². The highest BCUT2D eigenvalue weighted by Gasteiger charge is 2.21. The third kappa shape index (κ3) is 1.70. The Morgan fingerprint density at radius 1 is 1.50 bits per heavy atom. The van der Waals surface area contributed by atoms with Crippen LogP contribution < -0.4 is 0 Å². The van der Waals surface area contributed by atoms with Gasteiger partial charge in [-0.3, -0.25) is 4.68 Å². The van der Waals surface area contributed by atoms with Gasteiger partial charge in [0.25, 0.3) is 0 Å². The minimum Gasteiger partial charge on any atom is -0.504 e. The van der Waals surface area contributed by atoms with Gasteiger partial charge in [-0.25, -0.2) is 4.79 Å². The molecular formula is C10H14N2O2. The molecule has 0 amide bonds. The first kappa shape index (κ1) is 10.5. The summed E-state index contributed by atoms with van der Waals surface area (Å²) in [5, 5.41) is 13.7. The fourth-order valence-electron chi connectivity index (χ4n) is 1.32. The van der Waals surface area contributed by atoms with Crippen LogP contribution in [0.5, 0.6) is 5.75 Å². The van der Waals surface area contributed by atoms with Crippen molar-refractivity contribution in [2.45, 2.75) is 33.2 Å². The van der Waals surface area contributed by atoms with Crippen molar-refractivity contribution in [1.82, 2.24) is 9.78 Å². The lowest BCUT2D eigenvalue weighted by Gasteiger charge is -2.20. The molecule has 0 saturated carbocycles. The molecule has 1 aromatic heterocycles. The number of carbonyl (C=O) groups excluding carboxylic acids is 1. The predicted octanol–water partition coefficient (Wildman–Crippen LogP) is 1.50. The lowest BCUT2D eigenvalue weighted by molar-refractivity contribution is 0.344. The first-order valence-corrected chi connectivity index (χ1v) is 4.38. The predicted molar refractivity (Wildman–Crippen MR) is 53.8 cm³/mol. The molecular weight excluding hydrogens is 180 g/mol. The van der Waals surface area contributed by atoms with Crippen LogP contribution in [0.2, 0.25) is 0 Å². The lowest BCUT2D eigenvalue weighted by Crippen LogP contribution is -2.24. The van der Waals surface area contributed by atoms with Crippen LogP contribution in [0.1, 0.15) is 32.2 Å². The Bertz CT molecular complexity index is 393. The van der Waals surface area contributed by atoms with E-state index in [1.807, 2.05) is 20.8 Å². The molecule has 76 valence electrons. The van der Waals surface area contributed by atoms with Gasteiger partial charge in [-0.2, -0.15) is 5.10 Å². The monoisotopic (exact) mass is 194 g/mol. The normalized spacial score (nSPS) is 11.1. The van der Waals surface area contributed by atoms with Crippen LogP contribution in [0.15, 0.2) is 0 Å². The SMILES string of the molecule is Cc1c(O)c(C=C=O)nn1C(C)(C)C. The van der Waals surface area contributed by atoms with Gasteiger partial charge in [0, 0.05) is 0 Å². The van der Waals surface area contributed by atoms with Gasteiger partial charge in [0.2, 0.25) is 0 Å². The zero-order chi connectivity index (χ0) is 10.9. The Balaban J connectivity index is 3.36. The number of aromatic nitrogens is 2. The second-order valence-corrected chi connectivity index (χ2v) is 4.16. The van der Waals surface area contributed by atoms with Crippen LogP contribution in [0.25, 0.3) is 6.08 Å². The molecule has 0 aromatic carbocycles. The minimum absolute atomic E-state index is 0.0447. The van der Waals surface area contributed by atoms with Gasteiger partial charge in [-0.15, -0.1) is 0 Å². The van der Waals surface area contributed by atoms with Crippen LogP contribution in [0, 0.1) is 6.92 Å². The number of rotatable bonds is 1. The first-order valence-electron chi connectivity index (χ1n) is 4.38. The molecule has 0 fully saturated rings. The maximum atomic E-state index is 10.2. The summed E-state index contributed by atoms with van der Waals surface area (Å²) < 4.78 is 1.69. The molecule has 1 N–H and O–H groups in total. The molecule has 0 bridgehead atoms. The highest BCUT2D eigenvalue weighted by Crippen LogP contribution is 2.26. The Hall–Kier alpha value is -1.54. The van der Waals surface area contributed by atoms with Crippen molar-refractivity contribution in [3.8, 4) is 5.75 Å². The van der Waals surface area contributed by atoms with Gasteiger partial charge in [0.1, 0.15) is 11.6 Å². The average molecular weight is 194 g/mol. The zero-order valence-corrected chi connectivity index (χ0v) is 8.83. The summed E-state index contributed by atoms with van der Waals surface area (Å²) in [6, 6.07) is 0. The molecule has 0 radical (unpaired) electrons. The maximum Gasteiger partial charge on any atom is 0.164 e. The summed E-state index contributed by atoms with van der Waals surface area (Å²) in [6.45, 7) is 7.68. The zero-order valence-electron chi connectivity index (χ0n) is 8.83. The molecule has 0 saturated heterocycles. The van der Waals surface area contributed by atoms with E-state index in [-0.39, 0.29) is 17.0 Å². The second kappa shape index (κ2) is 3.31. The summed E-state index contributed by atoms with van der Waals surface area (Å²) in [6.07, 6.45) is 1.13. The van der Waals surface area contributed by atoms with Crippen molar-refractivity contribution in [2.24, 2.45) is 0 Å². The second-order valence-electron chi connectivity index (χ2n) is 4.16. The molecule has 0 spiro atoms. The van der Waals surface area contributed by atoms with Crippen molar-refractivity contribution in [2.75, 3.05) is 0 Å². The van der Waals surface area contributed by atoms with Gasteiger partial charge < -0.3 is 5.11 Å². The van der Waals surface area contributed by atoms with E-state index in [0.29, 0.717) is 5.69 Å². The van der Waals surface area contributed by atoms with E-state index in [4.69, 9.17) is 0 Å². The summed E-state index contributed by atoms with van der Waals surface area (Å²) in [7, 11) is 0. The van der Waals surface area contributed by atoms with Crippen LogP contribution in [0.4, 0.5) is 0 Å². The fraction of sp³-hybridized carbons (Fsp3) is 0.500. The van der Waals surface area contributed by atoms with Crippen molar-refractivity contribution >= 4 is 12.0 Å². The molecule has 1 aromatic rings. The van der Waals surface area contributed by atoms with Gasteiger partial charge in [-0.05, 0) is 27.7 Å². The Labute approximate surface area is 82.9 Å². The lowest BCUT2D eigenvalue weighted by atomic mass is 10.1. The minimum atomic E-state index is -0.212. The van der Waals surface area contributed by atoms with Gasteiger partial charge in [-0.1, -0.05) is 0 Å². The highest BCUT2D eigenvalue weighted by molar-refractivity contribution is 5.75. The summed E-state index contributed by atoms with van der Waals surface area (Å²) in [5.41, 5.74) is 0.711. The number of nitrogens with zero attached hydrogens (tertiary/aromatic N) is 2. The molecule has 1 rings (SSSR count). The van der Waals surface area contributed by atoms with Crippen molar-refractivity contribution in [3.63, 3.8) is 0 Å². The highest BCUT2D eigenvalue weighted by atomic mass is 16.3. The third-order valence-corrected chi connectivity index (χ3v) is 1.94. The van der Waals surface area contributed by atoms with Crippen molar-refractivity contribution in [3.05, 3.63) is 11.4 Å². The molecule has 0 unspecified atom stereocenters. The van der Waals surface area contributed by atoms with Crippen LogP contribution >= 0.6 is 0 Å². The number of aromatic hydroxyl groups is 1. The Morgan fingerprint density at radius 3 is 2.43 bits per heavy atom. The first-order chi connectivity index (χ1) is 6.38. The quantitative estimate of drug-likeness (QED) is 0.689. The average Bonchev–Trinajstić information content (AvgIpc) is 2.32. The smallest absolute Gasteiger partial charge is 0.164 e. The van der Waals surface area contributed by atoms with E-state index >= 15 is 0 Å². The van der Waals surface area contributed by atoms with E-state index in [2.05, 4.69) is 5.10 Å². The largest absolute Gasteiger partial charge is 0.504 e. The van der Waals surface area contributed by atoms with E-state index < -0.39 is 0 Å². The molecule has 14 heavy (non-hydrogen) atoms. The summed E-state index contributed by atoms with van der Waals surface area (Å²) in [4.78, 5) is 10.2. The molecule has 0 aliphatic heterocycles. The summed E-state index contributed by atoms with van der Waals surface area (Å²) in [5.74, 6) is 1.65. The topological polar surface area (TPSA) is 55.1 Å². The van der Waals surface area contributed by atoms with Gasteiger partial charge in [0.15, 0.2) is 5.75 Å². The van der Waals surface area contributed by atoms with Crippen LogP contribution in [-0.4, -0.2) is 20.8 Å². The molecule has 0 atom stereocenters. The molecule has 0 aliphatic rings. The Morgan fingerprint density at radius 2 is 2.07 bits per heavy atom. The van der Waals surface area contributed by atoms with E-state index in [9.17, 15) is 9.90 Å². The standard InChI is InChI=1S/C10H14N2O2/c1-7-9(14)8(5-6-13)11-12(7)10(2,3)4/h5,14H,1-4H3. The maximum absolute atomic E-state index is 10.2. The van der Waals surface area contributed by atoms with E-state index in [1.54, 1.807) is 17.5 Å².